The third kappa shape index (κ3) is 3.61. The number of nitrogens with one attached hydrogen (secondary N) is 1. The highest BCUT2D eigenvalue weighted by Crippen LogP contribution is 2.17. The van der Waals surface area contributed by atoms with Crippen molar-refractivity contribution in [3.63, 3.8) is 0 Å². The topological polar surface area (TPSA) is 32.3 Å². The molecule has 13 heavy (non-hydrogen) atoms. The molecular weight excluding hydrogens is 193 g/mol. The Morgan fingerprint density at radius 2 is 2.23 bits per heavy atom. The molecule has 0 heterocycles. The van der Waals surface area contributed by atoms with Crippen LogP contribution < -0.4 is 5.32 Å². The van der Waals surface area contributed by atoms with Crippen LogP contribution in [0.2, 0.25) is 5.02 Å². The molecule has 72 valence electrons. The molecule has 2 nitrogen and oxygen atoms in total. The van der Waals surface area contributed by atoms with E-state index in [9.17, 15) is 4.39 Å². The third-order valence-electron chi connectivity index (χ3n) is 1.46. The first-order valence-corrected chi connectivity index (χ1v) is 4.34. The summed E-state index contributed by atoms with van der Waals surface area (Å²) < 4.78 is 12.8. The highest BCUT2D eigenvalue weighted by Gasteiger charge is 2.00. The standard InChI is InChI=1S/C9H11ClFNO/c1-6(13)5-12-9-3-7(10)2-8(11)4-9/h2-4,6,12-13H,5H2,1H3/t6-/m0/s1. The fourth-order valence-corrected chi connectivity index (χ4v) is 1.14. The van der Waals surface area contributed by atoms with Gasteiger partial charge in [-0.25, -0.2) is 4.39 Å². The molecule has 0 aliphatic heterocycles. The minimum atomic E-state index is -0.470. The zero-order chi connectivity index (χ0) is 9.84. The maximum Gasteiger partial charge on any atom is 0.126 e. The van der Waals surface area contributed by atoms with E-state index in [1.165, 1.54) is 12.1 Å². The Hall–Kier alpha value is -0.800. The minimum Gasteiger partial charge on any atom is -0.392 e. The van der Waals surface area contributed by atoms with Gasteiger partial charge in [0.15, 0.2) is 0 Å². The highest BCUT2D eigenvalue weighted by atomic mass is 35.5. The summed E-state index contributed by atoms with van der Waals surface area (Å²) in [7, 11) is 0. The number of aliphatic hydroxyl groups is 1. The largest absolute Gasteiger partial charge is 0.392 e. The molecule has 1 aromatic rings. The fourth-order valence-electron chi connectivity index (χ4n) is 0.921. The van der Waals surface area contributed by atoms with Gasteiger partial charge in [0.05, 0.1) is 6.10 Å². The van der Waals surface area contributed by atoms with Crippen molar-refractivity contribution in [2.24, 2.45) is 0 Å². The lowest BCUT2D eigenvalue weighted by molar-refractivity contribution is 0.208. The van der Waals surface area contributed by atoms with Crippen molar-refractivity contribution in [2.45, 2.75) is 13.0 Å². The molecule has 0 fully saturated rings. The van der Waals surface area contributed by atoms with Gasteiger partial charge in [-0.05, 0) is 25.1 Å². The van der Waals surface area contributed by atoms with Crippen molar-refractivity contribution >= 4 is 17.3 Å². The average Bonchev–Trinajstić information content (AvgIpc) is 1.99. The summed E-state index contributed by atoms with van der Waals surface area (Å²) in [5.74, 6) is -0.388. The van der Waals surface area contributed by atoms with Gasteiger partial charge in [0.2, 0.25) is 0 Å². The molecule has 1 rings (SSSR count). The first kappa shape index (κ1) is 10.3. The second-order valence-electron chi connectivity index (χ2n) is 2.89. The molecule has 2 N–H and O–H groups in total. The van der Waals surface area contributed by atoms with Crippen molar-refractivity contribution in [2.75, 3.05) is 11.9 Å². The van der Waals surface area contributed by atoms with E-state index in [0.29, 0.717) is 17.3 Å². The molecule has 0 aliphatic rings. The third-order valence-corrected chi connectivity index (χ3v) is 1.68. The summed E-state index contributed by atoms with van der Waals surface area (Å²) in [5, 5.41) is 12.2. The molecular formula is C9H11ClFNO. The van der Waals surface area contributed by atoms with Gasteiger partial charge in [-0.3, -0.25) is 0 Å². The van der Waals surface area contributed by atoms with Crippen molar-refractivity contribution in [3.05, 3.63) is 29.0 Å². The predicted octanol–water partition coefficient (Wildman–Crippen LogP) is 2.27. The Morgan fingerprint density at radius 1 is 1.54 bits per heavy atom. The summed E-state index contributed by atoms with van der Waals surface area (Å²) in [5.41, 5.74) is 0.575. The molecule has 4 heteroatoms. The van der Waals surface area contributed by atoms with Gasteiger partial charge < -0.3 is 10.4 Å². The number of halogens is 2. The Kier molecular flexibility index (Phi) is 3.51. The molecule has 0 saturated heterocycles. The van der Waals surface area contributed by atoms with Crippen LogP contribution in [-0.4, -0.2) is 17.8 Å². The van der Waals surface area contributed by atoms with Gasteiger partial charge in [-0.1, -0.05) is 11.6 Å². The molecule has 1 atom stereocenters. The van der Waals surface area contributed by atoms with Crippen molar-refractivity contribution in [1.82, 2.24) is 0 Å². The smallest absolute Gasteiger partial charge is 0.126 e. The Morgan fingerprint density at radius 3 is 2.77 bits per heavy atom. The van der Waals surface area contributed by atoms with Crippen LogP contribution >= 0.6 is 11.6 Å². The van der Waals surface area contributed by atoms with Gasteiger partial charge in [0.1, 0.15) is 5.82 Å². The van der Waals surface area contributed by atoms with Crippen LogP contribution in [0, 0.1) is 5.82 Å². The van der Waals surface area contributed by atoms with Crippen LogP contribution in [0.3, 0.4) is 0 Å². The van der Waals surface area contributed by atoms with Gasteiger partial charge in [0, 0.05) is 17.3 Å². The van der Waals surface area contributed by atoms with E-state index in [1.54, 1.807) is 13.0 Å². The molecule has 0 amide bonds. The lowest BCUT2D eigenvalue weighted by Gasteiger charge is -2.08. The van der Waals surface area contributed by atoms with E-state index in [-0.39, 0.29) is 5.82 Å². The van der Waals surface area contributed by atoms with E-state index >= 15 is 0 Å². The first-order valence-electron chi connectivity index (χ1n) is 3.96. The van der Waals surface area contributed by atoms with Crippen molar-refractivity contribution in [3.8, 4) is 0 Å². The SMILES string of the molecule is C[C@H](O)CNc1cc(F)cc(Cl)c1. The fraction of sp³-hybridized carbons (Fsp3) is 0.333. The molecule has 1 aromatic carbocycles. The number of benzene rings is 1. The zero-order valence-electron chi connectivity index (χ0n) is 7.22. The van der Waals surface area contributed by atoms with Crippen LogP contribution in [0.5, 0.6) is 0 Å². The maximum absolute atomic E-state index is 12.8. The van der Waals surface area contributed by atoms with Gasteiger partial charge >= 0.3 is 0 Å². The van der Waals surface area contributed by atoms with Gasteiger partial charge in [-0.15, -0.1) is 0 Å². The predicted molar refractivity (Wildman–Crippen MR) is 51.6 cm³/mol. The first-order chi connectivity index (χ1) is 6.08. The molecule has 0 saturated carbocycles. The maximum atomic E-state index is 12.8. The van der Waals surface area contributed by atoms with Crippen LogP contribution in [0.25, 0.3) is 0 Å². The van der Waals surface area contributed by atoms with Crippen LogP contribution in [0.15, 0.2) is 18.2 Å². The highest BCUT2D eigenvalue weighted by molar-refractivity contribution is 6.30. The average molecular weight is 204 g/mol. The molecule has 0 aliphatic carbocycles. The summed E-state index contributed by atoms with van der Waals surface area (Å²) in [6.07, 6.45) is -0.470. The summed E-state index contributed by atoms with van der Waals surface area (Å²) in [4.78, 5) is 0. The number of aliphatic hydroxyl groups excluding tert-OH is 1. The van der Waals surface area contributed by atoms with Gasteiger partial charge in [0.25, 0.3) is 0 Å². The normalized spacial score (nSPS) is 12.6. The summed E-state index contributed by atoms with van der Waals surface area (Å²) in [6, 6.07) is 4.16. The second-order valence-corrected chi connectivity index (χ2v) is 3.32. The summed E-state index contributed by atoms with van der Waals surface area (Å²) in [6.45, 7) is 2.02. The lowest BCUT2D eigenvalue weighted by Crippen LogP contribution is -2.15. The molecule has 0 bridgehead atoms. The zero-order valence-corrected chi connectivity index (χ0v) is 7.98. The molecule has 0 aromatic heterocycles. The number of anilines is 1. The van der Waals surface area contributed by atoms with E-state index in [4.69, 9.17) is 16.7 Å². The van der Waals surface area contributed by atoms with Crippen molar-refractivity contribution < 1.29 is 9.50 Å². The molecule has 0 spiro atoms. The molecule has 0 unspecified atom stereocenters. The van der Waals surface area contributed by atoms with E-state index in [0.717, 1.165) is 0 Å². The van der Waals surface area contributed by atoms with Gasteiger partial charge in [-0.2, -0.15) is 0 Å². The monoisotopic (exact) mass is 203 g/mol. The Bertz CT molecular complexity index is 271. The second kappa shape index (κ2) is 4.44. The van der Waals surface area contributed by atoms with Crippen LogP contribution in [-0.2, 0) is 0 Å². The van der Waals surface area contributed by atoms with Crippen LogP contribution in [0.4, 0.5) is 10.1 Å². The Labute approximate surface area is 81.3 Å². The van der Waals surface area contributed by atoms with E-state index in [2.05, 4.69) is 5.32 Å². The number of hydrogen-bond donors (Lipinski definition) is 2. The molecule has 0 radical (unpaired) electrons. The Balaban J connectivity index is 2.66. The number of rotatable bonds is 3. The minimum absolute atomic E-state index is 0.341. The van der Waals surface area contributed by atoms with Crippen LogP contribution in [0.1, 0.15) is 6.92 Å². The number of hydrogen-bond acceptors (Lipinski definition) is 2. The van der Waals surface area contributed by atoms with E-state index < -0.39 is 6.10 Å². The van der Waals surface area contributed by atoms with E-state index in [1.807, 2.05) is 0 Å². The van der Waals surface area contributed by atoms with Crippen molar-refractivity contribution in [1.29, 1.82) is 0 Å². The quantitative estimate of drug-likeness (QED) is 0.790. The summed E-state index contributed by atoms with van der Waals surface area (Å²) >= 11 is 5.62. The lowest BCUT2D eigenvalue weighted by atomic mass is 10.3.